The molecule has 0 bridgehead atoms. The molecule has 0 saturated heterocycles. The van der Waals surface area contributed by atoms with Crippen LogP contribution >= 0.6 is 0 Å². The Hall–Kier alpha value is -1.96. The summed E-state index contributed by atoms with van der Waals surface area (Å²) in [5.41, 5.74) is 0.509. The predicted octanol–water partition coefficient (Wildman–Crippen LogP) is 1.02. The maximum atomic E-state index is 11.2. The van der Waals surface area contributed by atoms with Crippen LogP contribution < -0.4 is 5.32 Å². The molecular weight excluding hydrogens is 258 g/mol. The van der Waals surface area contributed by atoms with Crippen molar-refractivity contribution in [2.75, 3.05) is 11.1 Å². The molecule has 1 N–H and O–H groups in total. The van der Waals surface area contributed by atoms with Gasteiger partial charge in [-0.1, -0.05) is 0 Å². The van der Waals surface area contributed by atoms with Crippen LogP contribution in [-0.4, -0.2) is 30.1 Å². The molecule has 2 rings (SSSR count). The number of aromatic nitrogens is 1. The molecule has 0 saturated carbocycles. The van der Waals surface area contributed by atoms with Gasteiger partial charge in [-0.05, 0) is 18.6 Å². The summed E-state index contributed by atoms with van der Waals surface area (Å²) in [6.45, 7) is 1.68. The molecule has 8 heteroatoms. The van der Waals surface area contributed by atoms with E-state index in [1.807, 2.05) is 0 Å². The fourth-order valence-corrected chi connectivity index (χ4v) is 2.89. The van der Waals surface area contributed by atoms with Gasteiger partial charge in [0.1, 0.15) is 12.0 Å². The zero-order chi connectivity index (χ0) is 13.3. The van der Waals surface area contributed by atoms with E-state index in [0.717, 1.165) is 11.6 Å². The quantitative estimate of drug-likeness (QED) is 0.649. The Morgan fingerprint density at radius 3 is 2.78 bits per heavy atom. The van der Waals surface area contributed by atoms with E-state index >= 15 is 0 Å². The molecule has 1 aliphatic rings. The first kappa shape index (κ1) is 12.5. The molecule has 1 aromatic heterocycles. The number of hydrogen-bond acceptors (Lipinski definition) is 6. The largest absolute Gasteiger partial charge is 0.363 e. The molecule has 1 atom stereocenters. The summed E-state index contributed by atoms with van der Waals surface area (Å²) >= 11 is 0. The third kappa shape index (κ3) is 2.65. The van der Waals surface area contributed by atoms with Gasteiger partial charge in [0.2, 0.25) is 0 Å². The molecule has 7 nitrogen and oxygen atoms in total. The maximum Gasteiger partial charge on any atom is 0.287 e. The van der Waals surface area contributed by atoms with E-state index in [-0.39, 0.29) is 17.5 Å². The average molecular weight is 269 g/mol. The minimum Gasteiger partial charge on any atom is -0.363 e. The van der Waals surface area contributed by atoms with E-state index in [1.165, 1.54) is 12.1 Å². The van der Waals surface area contributed by atoms with Gasteiger partial charge in [-0.15, -0.1) is 0 Å². The summed E-state index contributed by atoms with van der Waals surface area (Å²) in [7, 11) is -3.13. The van der Waals surface area contributed by atoms with Gasteiger partial charge in [0.15, 0.2) is 9.84 Å². The van der Waals surface area contributed by atoms with Crippen LogP contribution in [0, 0.1) is 17.0 Å². The second kappa shape index (κ2) is 4.37. The van der Waals surface area contributed by atoms with Crippen molar-refractivity contribution >= 4 is 21.3 Å². The molecule has 1 aliphatic heterocycles. The van der Waals surface area contributed by atoms with Gasteiger partial charge in [0.25, 0.3) is 5.69 Å². The highest BCUT2D eigenvalue weighted by Gasteiger charge is 2.22. The van der Waals surface area contributed by atoms with Crippen LogP contribution in [-0.2, 0) is 9.84 Å². The van der Waals surface area contributed by atoms with Crippen LogP contribution in [0.3, 0.4) is 0 Å². The summed E-state index contributed by atoms with van der Waals surface area (Å²) in [4.78, 5) is 14.0. The summed E-state index contributed by atoms with van der Waals surface area (Å²) in [6.07, 6.45) is 2.68. The molecule has 0 aromatic carbocycles. The smallest absolute Gasteiger partial charge is 0.287 e. The molecule has 0 fully saturated rings. The Labute approximate surface area is 104 Å². The van der Waals surface area contributed by atoms with Gasteiger partial charge in [-0.25, -0.2) is 13.4 Å². The maximum absolute atomic E-state index is 11.2. The lowest BCUT2D eigenvalue weighted by atomic mass is 10.2. The van der Waals surface area contributed by atoms with E-state index in [2.05, 4.69) is 10.3 Å². The number of nitro groups is 1. The highest BCUT2D eigenvalue weighted by molar-refractivity contribution is 7.94. The van der Waals surface area contributed by atoms with E-state index in [1.54, 1.807) is 6.92 Å². The van der Waals surface area contributed by atoms with Crippen LogP contribution in [0.25, 0.3) is 0 Å². The minimum absolute atomic E-state index is 0.0227. The Balaban J connectivity index is 2.16. The van der Waals surface area contributed by atoms with Crippen LogP contribution in [0.5, 0.6) is 0 Å². The topological polar surface area (TPSA) is 102 Å². The van der Waals surface area contributed by atoms with Crippen molar-refractivity contribution in [2.45, 2.75) is 13.0 Å². The van der Waals surface area contributed by atoms with Crippen molar-refractivity contribution < 1.29 is 13.3 Å². The van der Waals surface area contributed by atoms with Gasteiger partial charge in [-0.2, -0.15) is 0 Å². The lowest BCUT2D eigenvalue weighted by Gasteiger charge is -2.12. The average Bonchev–Trinajstić information content (AvgIpc) is 2.61. The normalized spacial score (nSPS) is 20.8. The number of nitrogens with zero attached hydrogens (tertiary/aromatic N) is 2. The van der Waals surface area contributed by atoms with Crippen LogP contribution in [0.1, 0.15) is 5.56 Å². The third-order valence-electron chi connectivity index (χ3n) is 2.53. The molecule has 1 aromatic rings. The molecule has 2 heterocycles. The number of rotatable bonds is 3. The predicted molar refractivity (Wildman–Crippen MR) is 66.0 cm³/mol. The third-order valence-corrected chi connectivity index (χ3v) is 3.92. The lowest BCUT2D eigenvalue weighted by Crippen LogP contribution is -2.22. The Morgan fingerprint density at radius 1 is 1.56 bits per heavy atom. The summed E-state index contributed by atoms with van der Waals surface area (Å²) in [6, 6.07) is 1.05. The van der Waals surface area contributed by atoms with Crippen LogP contribution in [0.15, 0.2) is 23.7 Å². The first-order chi connectivity index (χ1) is 8.37. The molecule has 1 unspecified atom stereocenters. The zero-order valence-corrected chi connectivity index (χ0v) is 10.3. The van der Waals surface area contributed by atoms with Crippen molar-refractivity contribution in [2.24, 2.45) is 0 Å². The minimum atomic E-state index is -3.13. The molecule has 0 radical (unpaired) electrons. The fourth-order valence-electron chi connectivity index (χ4n) is 1.65. The second-order valence-electron chi connectivity index (χ2n) is 4.03. The Bertz CT molecular complexity index is 624. The number of anilines is 1. The van der Waals surface area contributed by atoms with Crippen LogP contribution in [0.4, 0.5) is 11.5 Å². The van der Waals surface area contributed by atoms with Crippen molar-refractivity contribution in [3.8, 4) is 0 Å². The first-order valence-corrected chi connectivity index (χ1v) is 6.87. The van der Waals surface area contributed by atoms with Crippen molar-refractivity contribution in [1.82, 2.24) is 4.98 Å². The van der Waals surface area contributed by atoms with Crippen molar-refractivity contribution in [3.63, 3.8) is 0 Å². The molecule has 18 heavy (non-hydrogen) atoms. The Kier molecular flexibility index (Phi) is 3.04. The number of aryl methyl sites for hydroxylation is 1. The van der Waals surface area contributed by atoms with E-state index in [9.17, 15) is 18.5 Å². The monoisotopic (exact) mass is 269 g/mol. The molecule has 96 valence electrons. The highest BCUT2D eigenvalue weighted by atomic mass is 32.2. The standard InChI is InChI=1S/C10H11N3O4S/c1-7-4-9(13(14)15)5-11-10(7)12-8-2-3-18(16,17)6-8/h2-5,8H,6H2,1H3,(H,11,12). The lowest BCUT2D eigenvalue weighted by molar-refractivity contribution is -0.385. The number of pyridine rings is 1. The van der Waals surface area contributed by atoms with Gasteiger partial charge >= 0.3 is 0 Å². The molecule has 0 aliphatic carbocycles. The number of sulfone groups is 1. The summed E-state index contributed by atoms with van der Waals surface area (Å²) in [5.74, 6) is 0.429. The SMILES string of the molecule is Cc1cc([N+](=O)[O-])cnc1NC1C=CS(=O)(=O)C1. The zero-order valence-electron chi connectivity index (χ0n) is 9.53. The van der Waals surface area contributed by atoms with Gasteiger partial charge in [-0.3, -0.25) is 10.1 Å². The van der Waals surface area contributed by atoms with Crippen LogP contribution in [0.2, 0.25) is 0 Å². The van der Waals surface area contributed by atoms with Crippen molar-refractivity contribution in [1.29, 1.82) is 0 Å². The van der Waals surface area contributed by atoms with Gasteiger partial charge in [0.05, 0.1) is 16.7 Å². The number of nitrogens with one attached hydrogen (secondary N) is 1. The van der Waals surface area contributed by atoms with E-state index in [4.69, 9.17) is 0 Å². The fraction of sp³-hybridized carbons (Fsp3) is 0.300. The summed E-state index contributed by atoms with van der Waals surface area (Å²) < 4.78 is 22.4. The molecular formula is C10H11N3O4S. The number of hydrogen-bond donors (Lipinski definition) is 1. The van der Waals surface area contributed by atoms with Gasteiger partial charge < -0.3 is 5.32 Å². The van der Waals surface area contributed by atoms with Crippen molar-refractivity contribution in [3.05, 3.63) is 39.4 Å². The molecule has 0 spiro atoms. The first-order valence-electron chi connectivity index (χ1n) is 5.16. The summed E-state index contributed by atoms with van der Waals surface area (Å²) in [5, 5.41) is 14.6. The van der Waals surface area contributed by atoms with E-state index in [0.29, 0.717) is 11.4 Å². The second-order valence-corrected chi connectivity index (χ2v) is 5.96. The molecule has 0 amide bonds. The highest BCUT2D eigenvalue weighted by Crippen LogP contribution is 2.20. The Morgan fingerprint density at radius 2 is 2.28 bits per heavy atom. The van der Waals surface area contributed by atoms with E-state index < -0.39 is 14.8 Å². The van der Waals surface area contributed by atoms with Gasteiger partial charge in [0, 0.05) is 11.5 Å².